The molecular weight excluding hydrogens is 372 g/mol. The Balaban J connectivity index is 1.65. The Kier molecular flexibility index (Phi) is 7.77. The number of aliphatic hydroxyl groups is 2. The maximum absolute atomic E-state index is 11.0. The summed E-state index contributed by atoms with van der Waals surface area (Å²) in [5.41, 5.74) is 2.04. The summed E-state index contributed by atoms with van der Waals surface area (Å²) in [6, 6.07) is 19.6. The quantitative estimate of drug-likeness (QED) is 0.636. The first-order valence-electron chi connectivity index (χ1n) is 9.90. The van der Waals surface area contributed by atoms with Gasteiger partial charge >= 0.3 is 0 Å². The molecular formula is C23H30O6. The molecule has 0 spiro atoms. The zero-order valence-electron chi connectivity index (χ0n) is 16.9. The Morgan fingerprint density at radius 3 is 2.10 bits per heavy atom. The largest absolute Gasteiger partial charge is 0.394 e. The minimum absolute atomic E-state index is 0.182. The predicted molar refractivity (Wildman–Crippen MR) is 108 cm³/mol. The first-order valence-corrected chi connectivity index (χ1v) is 9.90. The molecule has 2 aromatic rings. The Labute approximate surface area is 172 Å². The molecule has 0 radical (unpaired) electrons. The molecule has 1 fully saturated rings. The normalized spacial score (nSPS) is 23.0. The van der Waals surface area contributed by atoms with E-state index < -0.39 is 30.2 Å². The second-order valence-electron chi connectivity index (χ2n) is 7.65. The predicted octanol–water partition coefficient (Wildman–Crippen LogP) is 2.66. The van der Waals surface area contributed by atoms with Crippen molar-refractivity contribution in [3.63, 3.8) is 0 Å². The van der Waals surface area contributed by atoms with Gasteiger partial charge in [0.05, 0.1) is 26.4 Å². The van der Waals surface area contributed by atoms with Gasteiger partial charge in [-0.1, -0.05) is 60.7 Å². The molecule has 6 nitrogen and oxygen atoms in total. The third-order valence-electron chi connectivity index (χ3n) is 4.82. The molecule has 29 heavy (non-hydrogen) atoms. The standard InChI is InChI=1S/C23H30O6/c1-23(2)28-19(13-24)22(29-23)21(25)20(27-15-18-11-7-4-8-12-18)16-26-14-17-9-5-3-6-10-17/h3-12,19-22,24-25H,13-16H2,1-2H3. The lowest BCUT2D eigenvalue weighted by molar-refractivity contribution is -0.173. The van der Waals surface area contributed by atoms with Crippen molar-refractivity contribution >= 4 is 0 Å². The first kappa shape index (κ1) is 21.9. The molecule has 0 aliphatic carbocycles. The van der Waals surface area contributed by atoms with Crippen molar-refractivity contribution in [2.45, 2.75) is 57.3 Å². The molecule has 1 aliphatic rings. The summed E-state index contributed by atoms with van der Waals surface area (Å²) < 4.78 is 23.4. The van der Waals surface area contributed by atoms with Crippen LogP contribution in [-0.4, -0.2) is 53.6 Å². The SMILES string of the molecule is CC1(C)OC(CO)C(C(O)C(COCc2ccccc2)OCc2ccccc2)O1. The van der Waals surface area contributed by atoms with Crippen LogP contribution >= 0.6 is 0 Å². The molecule has 2 aromatic carbocycles. The molecule has 0 amide bonds. The van der Waals surface area contributed by atoms with E-state index in [1.807, 2.05) is 60.7 Å². The monoisotopic (exact) mass is 402 g/mol. The molecule has 3 rings (SSSR count). The summed E-state index contributed by atoms with van der Waals surface area (Å²) in [5.74, 6) is -0.881. The number of hydrogen-bond donors (Lipinski definition) is 2. The highest BCUT2D eigenvalue weighted by Crippen LogP contribution is 2.31. The molecule has 1 heterocycles. The number of benzene rings is 2. The van der Waals surface area contributed by atoms with Gasteiger partial charge in [-0.25, -0.2) is 0 Å². The van der Waals surface area contributed by atoms with Crippen LogP contribution in [0.5, 0.6) is 0 Å². The summed E-state index contributed by atoms with van der Waals surface area (Å²) in [6.07, 6.45) is -3.00. The zero-order valence-corrected chi connectivity index (χ0v) is 16.9. The molecule has 4 unspecified atom stereocenters. The Bertz CT molecular complexity index is 721. The fourth-order valence-electron chi connectivity index (χ4n) is 3.40. The van der Waals surface area contributed by atoms with E-state index >= 15 is 0 Å². The van der Waals surface area contributed by atoms with E-state index in [9.17, 15) is 10.2 Å². The van der Waals surface area contributed by atoms with Crippen molar-refractivity contribution in [3.8, 4) is 0 Å². The number of hydrogen-bond acceptors (Lipinski definition) is 6. The highest BCUT2D eigenvalue weighted by atomic mass is 16.8. The van der Waals surface area contributed by atoms with E-state index in [0.717, 1.165) is 11.1 Å². The number of rotatable bonds is 10. The Hall–Kier alpha value is -1.80. The molecule has 0 aromatic heterocycles. The molecule has 158 valence electrons. The lowest BCUT2D eigenvalue weighted by atomic mass is 10.0. The summed E-state index contributed by atoms with van der Waals surface area (Å²) >= 11 is 0. The van der Waals surface area contributed by atoms with Gasteiger partial charge in [0.1, 0.15) is 24.4 Å². The van der Waals surface area contributed by atoms with Gasteiger partial charge in [0.2, 0.25) is 0 Å². The molecule has 6 heteroatoms. The topological polar surface area (TPSA) is 77.4 Å². The number of ether oxygens (including phenoxy) is 4. The summed E-state index contributed by atoms with van der Waals surface area (Å²) in [6.45, 7) is 4.19. The van der Waals surface area contributed by atoms with Crippen LogP contribution in [-0.2, 0) is 32.2 Å². The average molecular weight is 402 g/mol. The highest BCUT2D eigenvalue weighted by Gasteiger charge is 2.46. The first-order chi connectivity index (χ1) is 14.0. The van der Waals surface area contributed by atoms with Crippen molar-refractivity contribution in [2.24, 2.45) is 0 Å². The zero-order chi connectivity index (χ0) is 20.7. The smallest absolute Gasteiger partial charge is 0.164 e. The molecule has 0 saturated carbocycles. The highest BCUT2D eigenvalue weighted by molar-refractivity contribution is 5.14. The Morgan fingerprint density at radius 2 is 1.52 bits per heavy atom. The van der Waals surface area contributed by atoms with E-state index in [0.29, 0.717) is 13.2 Å². The average Bonchev–Trinajstić information content (AvgIpc) is 3.06. The second kappa shape index (κ2) is 10.3. The van der Waals surface area contributed by atoms with Gasteiger partial charge < -0.3 is 29.2 Å². The van der Waals surface area contributed by atoms with Crippen molar-refractivity contribution in [3.05, 3.63) is 71.8 Å². The molecule has 1 aliphatic heterocycles. The van der Waals surface area contributed by atoms with Crippen LogP contribution in [0, 0.1) is 0 Å². The van der Waals surface area contributed by atoms with Gasteiger partial charge in [-0.05, 0) is 25.0 Å². The van der Waals surface area contributed by atoms with E-state index in [1.165, 1.54) is 0 Å². The molecule has 2 N–H and O–H groups in total. The van der Waals surface area contributed by atoms with Crippen LogP contribution in [0.15, 0.2) is 60.7 Å². The van der Waals surface area contributed by atoms with Crippen molar-refractivity contribution < 1.29 is 29.2 Å². The minimum Gasteiger partial charge on any atom is -0.394 e. The van der Waals surface area contributed by atoms with Crippen molar-refractivity contribution in [1.29, 1.82) is 0 Å². The Morgan fingerprint density at radius 1 is 0.931 bits per heavy atom. The van der Waals surface area contributed by atoms with Gasteiger partial charge in [0.25, 0.3) is 0 Å². The van der Waals surface area contributed by atoms with Gasteiger partial charge in [0.15, 0.2) is 5.79 Å². The summed E-state index contributed by atoms with van der Waals surface area (Å²) in [7, 11) is 0. The van der Waals surface area contributed by atoms with Gasteiger partial charge in [-0.2, -0.15) is 0 Å². The van der Waals surface area contributed by atoms with Crippen LogP contribution in [0.2, 0.25) is 0 Å². The molecule has 1 saturated heterocycles. The van der Waals surface area contributed by atoms with E-state index in [1.54, 1.807) is 13.8 Å². The lowest BCUT2D eigenvalue weighted by Gasteiger charge is -2.29. The summed E-state index contributed by atoms with van der Waals surface area (Å²) in [4.78, 5) is 0. The van der Waals surface area contributed by atoms with Gasteiger partial charge in [-0.15, -0.1) is 0 Å². The van der Waals surface area contributed by atoms with Crippen LogP contribution in [0.25, 0.3) is 0 Å². The van der Waals surface area contributed by atoms with Crippen LogP contribution in [0.1, 0.15) is 25.0 Å². The molecule has 4 atom stereocenters. The maximum Gasteiger partial charge on any atom is 0.164 e. The van der Waals surface area contributed by atoms with Crippen LogP contribution in [0.3, 0.4) is 0 Å². The number of aliphatic hydroxyl groups excluding tert-OH is 2. The van der Waals surface area contributed by atoms with Crippen LogP contribution in [0.4, 0.5) is 0 Å². The van der Waals surface area contributed by atoms with E-state index in [-0.39, 0.29) is 13.2 Å². The minimum atomic E-state index is -1.02. The third-order valence-corrected chi connectivity index (χ3v) is 4.82. The second-order valence-corrected chi connectivity index (χ2v) is 7.65. The molecule has 0 bridgehead atoms. The van der Waals surface area contributed by atoms with E-state index in [2.05, 4.69) is 0 Å². The van der Waals surface area contributed by atoms with Crippen LogP contribution < -0.4 is 0 Å². The fourth-order valence-corrected chi connectivity index (χ4v) is 3.40. The fraction of sp³-hybridized carbons (Fsp3) is 0.478. The van der Waals surface area contributed by atoms with Crippen molar-refractivity contribution in [1.82, 2.24) is 0 Å². The van der Waals surface area contributed by atoms with Gasteiger partial charge in [-0.3, -0.25) is 0 Å². The summed E-state index contributed by atoms with van der Waals surface area (Å²) in [5, 5.41) is 20.6. The van der Waals surface area contributed by atoms with E-state index in [4.69, 9.17) is 18.9 Å². The maximum atomic E-state index is 11.0. The lowest BCUT2D eigenvalue weighted by Crippen LogP contribution is -2.47. The van der Waals surface area contributed by atoms with Gasteiger partial charge in [0, 0.05) is 0 Å². The van der Waals surface area contributed by atoms with Crippen molar-refractivity contribution in [2.75, 3.05) is 13.2 Å². The third kappa shape index (κ3) is 6.34.